The fourth-order valence-electron chi connectivity index (χ4n) is 0.470. The van der Waals surface area contributed by atoms with Gasteiger partial charge in [0.15, 0.2) is 0 Å². The molecule has 0 unspecified atom stereocenters. The molecule has 0 aliphatic rings. The van der Waals surface area contributed by atoms with Crippen LogP contribution in [0.4, 0.5) is 0 Å². The predicted octanol–water partition coefficient (Wildman–Crippen LogP) is 0.673. The van der Waals surface area contributed by atoms with Crippen molar-refractivity contribution in [3.05, 3.63) is 12.2 Å². The maximum absolute atomic E-state index is 10.9. The second-order valence-electron chi connectivity index (χ2n) is 1.97. The SMILES string of the molecule is C=C(CCCl)C(=O)OCCN. The van der Waals surface area contributed by atoms with Crippen molar-refractivity contribution in [2.75, 3.05) is 19.0 Å². The van der Waals surface area contributed by atoms with E-state index in [-0.39, 0.29) is 6.61 Å². The Hall–Kier alpha value is -0.540. The third-order valence-corrected chi connectivity index (χ3v) is 1.22. The molecule has 0 radical (unpaired) electrons. The molecule has 0 aromatic rings. The van der Waals surface area contributed by atoms with E-state index < -0.39 is 5.97 Å². The van der Waals surface area contributed by atoms with Gasteiger partial charge in [0, 0.05) is 18.0 Å². The van der Waals surface area contributed by atoms with Crippen LogP contribution in [0.5, 0.6) is 0 Å². The summed E-state index contributed by atoms with van der Waals surface area (Å²) in [4.78, 5) is 10.9. The lowest BCUT2D eigenvalue weighted by molar-refractivity contribution is -0.138. The van der Waals surface area contributed by atoms with Crippen molar-refractivity contribution in [1.29, 1.82) is 0 Å². The Bertz CT molecular complexity index is 147. The smallest absolute Gasteiger partial charge is 0.333 e. The van der Waals surface area contributed by atoms with Gasteiger partial charge in [0.2, 0.25) is 0 Å². The molecule has 0 spiro atoms. The molecule has 64 valence electrons. The molecule has 0 aliphatic heterocycles. The Morgan fingerprint density at radius 3 is 2.73 bits per heavy atom. The monoisotopic (exact) mass is 177 g/mol. The molecule has 0 atom stereocenters. The van der Waals surface area contributed by atoms with E-state index in [2.05, 4.69) is 11.3 Å². The van der Waals surface area contributed by atoms with Crippen molar-refractivity contribution < 1.29 is 9.53 Å². The summed E-state index contributed by atoms with van der Waals surface area (Å²) in [5.41, 5.74) is 5.51. The van der Waals surface area contributed by atoms with E-state index in [0.717, 1.165) is 0 Å². The number of carbonyl (C=O) groups excluding carboxylic acids is 1. The highest BCUT2D eigenvalue weighted by molar-refractivity contribution is 6.18. The van der Waals surface area contributed by atoms with Crippen LogP contribution >= 0.6 is 11.6 Å². The van der Waals surface area contributed by atoms with Crippen LogP contribution in [0.15, 0.2) is 12.2 Å². The molecule has 0 aromatic carbocycles. The standard InChI is InChI=1S/C7H12ClNO2/c1-6(2-3-8)7(10)11-5-4-9/h1-5,9H2. The van der Waals surface area contributed by atoms with Crippen LogP contribution in [0.3, 0.4) is 0 Å². The van der Waals surface area contributed by atoms with Crippen LogP contribution in [0, 0.1) is 0 Å². The molecule has 0 heterocycles. The van der Waals surface area contributed by atoms with Crippen molar-refractivity contribution in [3.63, 3.8) is 0 Å². The van der Waals surface area contributed by atoms with Crippen molar-refractivity contribution in [1.82, 2.24) is 0 Å². The molecule has 0 saturated carbocycles. The second-order valence-corrected chi connectivity index (χ2v) is 2.35. The number of rotatable bonds is 5. The fraction of sp³-hybridized carbons (Fsp3) is 0.571. The summed E-state index contributed by atoms with van der Waals surface area (Å²) < 4.78 is 4.68. The van der Waals surface area contributed by atoms with Crippen molar-refractivity contribution in [2.24, 2.45) is 5.73 Å². The minimum atomic E-state index is -0.406. The van der Waals surface area contributed by atoms with Gasteiger partial charge < -0.3 is 10.5 Å². The highest BCUT2D eigenvalue weighted by Gasteiger charge is 2.05. The van der Waals surface area contributed by atoms with Crippen LogP contribution in [-0.2, 0) is 9.53 Å². The Morgan fingerprint density at radius 1 is 1.64 bits per heavy atom. The maximum Gasteiger partial charge on any atom is 0.333 e. The van der Waals surface area contributed by atoms with E-state index in [1.165, 1.54) is 0 Å². The Labute approximate surface area is 71.2 Å². The highest BCUT2D eigenvalue weighted by Crippen LogP contribution is 2.01. The van der Waals surface area contributed by atoms with E-state index in [1.807, 2.05) is 0 Å². The summed E-state index contributed by atoms with van der Waals surface area (Å²) >= 11 is 5.38. The normalized spacial score (nSPS) is 9.27. The van der Waals surface area contributed by atoms with E-state index in [0.29, 0.717) is 24.4 Å². The lowest BCUT2D eigenvalue weighted by atomic mass is 10.2. The predicted molar refractivity (Wildman–Crippen MR) is 44.5 cm³/mol. The molecule has 0 saturated heterocycles. The summed E-state index contributed by atoms with van der Waals surface area (Å²) in [6.07, 6.45) is 0.463. The summed E-state index contributed by atoms with van der Waals surface area (Å²) in [7, 11) is 0. The number of hydrogen-bond acceptors (Lipinski definition) is 3. The van der Waals surface area contributed by atoms with Gasteiger partial charge in [0.25, 0.3) is 0 Å². The average molecular weight is 178 g/mol. The molecule has 0 aromatic heterocycles. The number of ether oxygens (including phenoxy) is 1. The van der Waals surface area contributed by atoms with E-state index >= 15 is 0 Å². The zero-order chi connectivity index (χ0) is 8.69. The first-order chi connectivity index (χ1) is 5.22. The minimum absolute atomic E-state index is 0.236. The Kier molecular flexibility index (Phi) is 5.88. The van der Waals surface area contributed by atoms with Crippen LogP contribution in [0.1, 0.15) is 6.42 Å². The van der Waals surface area contributed by atoms with Crippen LogP contribution in [0.25, 0.3) is 0 Å². The van der Waals surface area contributed by atoms with Crippen molar-refractivity contribution in [3.8, 4) is 0 Å². The van der Waals surface area contributed by atoms with Gasteiger partial charge in [-0.15, -0.1) is 11.6 Å². The molecule has 11 heavy (non-hydrogen) atoms. The number of esters is 1. The molecule has 0 rings (SSSR count). The summed E-state index contributed by atoms with van der Waals surface area (Å²) in [5, 5.41) is 0. The zero-order valence-corrected chi connectivity index (χ0v) is 7.06. The zero-order valence-electron chi connectivity index (χ0n) is 6.31. The lowest BCUT2D eigenvalue weighted by Crippen LogP contribution is -2.14. The van der Waals surface area contributed by atoms with Gasteiger partial charge in [-0.1, -0.05) is 6.58 Å². The van der Waals surface area contributed by atoms with E-state index in [4.69, 9.17) is 17.3 Å². The molecular weight excluding hydrogens is 166 g/mol. The number of carbonyl (C=O) groups is 1. The summed E-state index contributed by atoms with van der Waals surface area (Å²) in [5.74, 6) is -0.0209. The number of halogens is 1. The molecule has 4 heteroatoms. The van der Waals surface area contributed by atoms with E-state index in [9.17, 15) is 4.79 Å². The Morgan fingerprint density at radius 2 is 2.27 bits per heavy atom. The summed E-state index contributed by atoms with van der Waals surface area (Å²) in [6.45, 7) is 4.07. The molecule has 0 aliphatic carbocycles. The van der Waals surface area contributed by atoms with Crippen molar-refractivity contribution >= 4 is 17.6 Å². The van der Waals surface area contributed by atoms with Gasteiger partial charge in [-0.05, 0) is 6.42 Å². The first-order valence-electron chi connectivity index (χ1n) is 3.33. The van der Waals surface area contributed by atoms with Gasteiger partial charge in [0.1, 0.15) is 6.61 Å². The second kappa shape index (κ2) is 6.19. The topological polar surface area (TPSA) is 52.3 Å². The van der Waals surface area contributed by atoms with E-state index in [1.54, 1.807) is 0 Å². The molecule has 3 nitrogen and oxygen atoms in total. The van der Waals surface area contributed by atoms with Crippen LogP contribution < -0.4 is 5.73 Å². The van der Waals surface area contributed by atoms with Gasteiger partial charge in [0.05, 0.1) is 0 Å². The third kappa shape index (κ3) is 4.81. The highest BCUT2D eigenvalue weighted by atomic mass is 35.5. The molecule has 0 amide bonds. The maximum atomic E-state index is 10.9. The quantitative estimate of drug-likeness (QED) is 0.382. The molecular formula is C7H12ClNO2. The van der Waals surface area contributed by atoms with Crippen LogP contribution in [0.2, 0.25) is 0 Å². The molecule has 2 N–H and O–H groups in total. The minimum Gasteiger partial charge on any atom is -0.461 e. The van der Waals surface area contributed by atoms with Gasteiger partial charge >= 0.3 is 5.97 Å². The average Bonchev–Trinajstić information content (AvgIpc) is 2.00. The first-order valence-corrected chi connectivity index (χ1v) is 3.86. The molecule has 0 bridgehead atoms. The first kappa shape index (κ1) is 10.5. The van der Waals surface area contributed by atoms with Crippen LogP contribution in [-0.4, -0.2) is 25.0 Å². The molecule has 0 fully saturated rings. The van der Waals surface area contributed by atoms with Gasteiger partial charge in [-0.25, -0.2) is 4.79 Å². The van der Waals surface area contributed by atoms with Gasteiger partial charge in [-0.2, -0.15) is 0 Å². The summed E-state index contributed by atoms with van der Waals surface area (Å²) in [6, 6.07) is 0. The fourth-order valence-corrected chi connectivity index (χ4v) is 0.698. The number of hydrogen-bond donors (Lipinski definition) is 1. The Balaban J connectivity index is 3.56. The largest absolute Gasteiger partial charge is 0.461 e. The number of alkyl halides is 1. The van der Waals surface area contributed by atoms with Crippen molar-refractivity contribution in [2.45, 2.75) is 6.42 Å². The third-order valence-electron chi connectivity index (χ3n) is 1.04. The van der Waals surface area contributed by atoms with Gasteiger partial charge in [-0.3, -0.25) is 0 Å². The number of nitrogens with two attached hydrogens (primary N) is 1. The lowest BCUT2D eigenvalue weighted by Gasteiger charge is -2.03.